The van der Waals surface area contributed by atoms with Gasteiger partial charge >= 0.3 is 6.03 Å². The van der Waals surface area contributed by atoms with Crippen LogP contribution in [0.5, 0.6) is 0 Å². The predicted octanol–water partition coefficient (Wildman–Crippen LogP) is 4.69. The lowest BCUT2D eigenvalue weighted by Gasteiger charge is -2.35. The first-order chi connectivity index (χ1) is 15.0. The molecule has 1 aromatic heterocycles. The number of anilines is 1. The van der Waals surface area contributed by atoms with Gasteiger partial charge in [-0.05, 0) is 56.9 Å². The van der Waals surface area contributed by atoms with Gasteiger partial charge < -0.3 is 19.7 Å². The number of urea groups is 1. The number of hydrogen-bond donors (Lipinski definition) is 1. The SMILES string of the molecule is Cc1ccc(NC(=O)N(CC(=O)N(Cc2cccn2C)C2CC2)C2CCCCC2)cc1. The third-order valence-corrected chi connectivity index (χ3v) is 6.58. The van der Waals surface area contributed by atoms with Crippen LogP contribution < -0.4 is 5.32 Å². The van der Waals surface area contributed by atoms with Crippen LogP contribution in [0.15, 0.2) is 42.6 Å². The van der Waals surface area contributed by atoms with Crippen LogP contribution in [0.1, 0.15) is 56.2 Å². The average molecular weight is 423 g/mol. The lowest BCUT2D eigenvalue weighted by atomic mass is 9.94. The Kier molecular flexibility index (Phi) is 6.64. The summed E-state index contributed by atoms with van der Waals surface area (Å²) >= 11 is 0. The zero-order chi connectivity index (χ0) is 21.8. The summed E-state index contributed by atoms with van der Waals surface area (Å²) in [7, 11) is 2.01. The summed E-state index contributed by atoms with van der Waals surface area (Å²) in [5, 5.41) is 3.02. The fourth-order valence-corrected chi connectivity index (χ4v) is 4.47. The van der Waals surface area contributed by atoms with E-state index in [4.69, 9.17) is 0 Å². The molecule has 2 fully saturated rings. The van der Waals surface area contributed by atoms with Gasteiger partial charge in [-0.25, -0.2) is 4.79 Å². The van der Waals surface area contributed by atoms with Crippen molar-refractivity contribution in [1.82, 2.24) is 14.4 Å². The zero-order valence-corrected chi connectivity index (χ0v) is 18.7. The molecule has 2 saturated carbocycles. The molecule has 0 radical (unpaired) electrons. The Hall–Kier alpha value is -2.76. The number of carbonyl (C=O) groups is 2. The number of amides is 3. The molecule has 0 atom stereocenters. The Labute approximate surface area is 185 Å². The number of hydrogen-bond acceptors (Lipinski definition) is 2. The molecule has 1 aromatic carbocycles. The fourth-order valence-electron chi connectivity index (χ4n) is 4.47. The zero-order valence-electron chi connectivity index (χ0n) is 18.7. The highest BCUT2D eigenvalue weighted by molar-refractivity contribution is 5.92. The van der Waals surface area contributed by atoms with Crippen molar-refractivity contribution >= 4 is 17.6 Å². The van der Waals surface area contributed by atoms with Gasteiger partial charge in [0, 0.05) is 36.7 Å². The number of rotatable bonds is 7. The average Bonchev–Trinajstić information content (AvgIpc) is 3.54. The van der Waals surface area contributed by atoms with Gasteiger partial charge in [-0.15, -0.1) is 0 Å². The minimum atomic E-state index is -0.168. The highest BCUT2D eigenvalue weighted by atomic mass is 16.2. The molecule has 0 bridgehead atoms. The first-order valence-corrected chi connectivity index (χ1v) is 11.6. The molecule has 2 aliphatic rings. The standard InChI is InChI=1S/C25H34N4O2/c1-19-10-12-20(13-11-19)26-25(31)29(21-7-4-3-5-8-21)18-24(30)28(22-14-15-22)17-23-9-6-16-27(23)2/h6,9-13,16,21-22H,3-5,7-8,14-15,17-18H2,1-2H3,(H,26,31). The van der Waals surface area contributed by atoms with Gasteiger partial charge in [0.25, 0.3) is 0 Å². The van der Waals surface area contributed by atoms with E-state index in [-0.39, 0.29) is 24.5 Å². The largest absolute Gasteiger partial charge is 0.353 e. The van der Waals surface area contributed by atoms with Gasteiger partial charge in [-0.1, -0.05) is 37.0 Å². The minimum absolute atomic E-state index is 0.0494. The fraction of sp³-hybridized carbons (Fsp3) is 0.520. The van der Waals surface area contributed by atoms with Crippen LogP contribution in [-0.2, 0) is 18.4 Å². The molecule has 6 nitrogen and oxygen atoms in total. The molecule has 0 aliphatic heterocycles. The molecule has 1 N–H and O–H groups in total. The van der Waals surface area contributed by atoms with E-state index in [1.807, 2.05) is 55.4 Å². The summed E-state index contributed by atoms with van der Waals surface area (Å²) in [6.07, 6.45) is 9.48. The predicted molar refractivity (Wildman–Crippen MR) is 123 cm³/mol. The normalized spacial score (nSPS) is 16.7. The lowest BCUT2D eigenvalue weighted by molar-refractivity contribution is -0.133. The van der Waals surface area contributed by atoms with Gasteiger partial charge in [0.2, 0.25) is 5.91 Å². The maximum Gasteiger partial charge on any atom is 0.322 e. The maximum absolute atomic E-state index is 13.4. The first kappa shape index (κ1) is 21.5. The van der Waals surface area contributed by atoms with E-state index in [1.165, 1.54) is 6.42 Å². The van der Waals surface area contributed by atoms with E-state index in [1.54, 1.807) is 4.90 Å². The van der Waals surface area contributed by atoms with E-state index in [9.17, 15) is 9.59 Å². The smallest absolute Gasteiger partial charge is 0.322 e. The molecule has 0 unspecified atom stereocenters. The quantitative estimate of drug-likeness (QED) is 0.704. The molecule has 0 spiro atoms. The summed E-state index contributed by atoms with van der Waals surface area (Å²) in [6, 6.07) is 12.1. The molecule has 3 amide bonds. The van der Waals surface area contributed by atoms with Crippen molar-refractivity contribution in [2.24, 2.45) is 7.05 Å². The molecule has 2 aliphatic carbocycles. The Bertz CT molecular complexity index is 895. The van der Waals surface area contributed by atoms with Crippen LogP contribution in [-0.4, -0.2) is 44.9 Å². The summed E-state index contributed by atoms with van der Waals surface area (Å²) < 4.78 is 2.06. The summed E-state index contributed by atoms with van der Waals surface area (Å²) in [5.41, 5.74) is 3.04. The van der Waals surface area contributed by atoms with Crippen LogP contribution >= 0.6 is 0 Å². The van der Waals surface area contributed by atoms with Gasteiger partial charge in [0.1, 0.15) is 6.54 Å². The number of nitrogens with one attached hydrogen (secondary N) is 1. The van der Waals surface area contributed by atoms with Crippen LogP contribution in [0.2, 0.25) is 0 Å². The highest BCUT2D eigenvalue weighted by Crippen LogP contribution is 2.30. The Morgan fingerprint density at radius 1 is 0.968 bits per heavy atom. The molecule has 1 heterocycles. The van der Waals surface area contributed by atoms with Crippen molar-refractivity contribution in [2.75, 3.05) is 11.9 Å². The van der Waals surface area contributed by atoms with Gasteiger partial charge in [-0.3, -0.25) is 4.79 Å². The third kappa shape index (κ3) is 5.49. The summed E-state index contributed by atoms with van der Waals surface area (Å²) in [5.74, 6) is 0.0494. The van der Waals surface area contributed by atoms with E-state index in [0.717, 1.165) is 55.5 Å². The monoisotopic (exact) mass is 422 g/mol. The second kappa shape index (κ2) is 9.58. The van der Waals surface area contributed by atoms with Crippen molar-refractivity contribution in [3.63, 3.8) is 0 Å². The van der Waals surface area contributed by atoms with E-state index >= 15 is 0 Å². The summed E-state index contributed by atoms with van der Waals surface area (Å²) in [6.45, 7) is 2.77. The van der Waals surface area contributed by atoms with E-state index in [2.05, 4.69) is 16.0 Å². The van der Waals surface area contributed by atoms with E-state index < -0.39 is 0 Å². The molecular weight excluding hydrogens is 388 g/mol. The van der Waals surface area contributed by atoms with Gasteiger partial charge in [0.05, 0.1) is 6.54 Å². The van der Waals surface area contributed by atoms with E-state index in [0.29, 0.717) is 12.6 Å². The molecule has 31 heavy (non-hydrogen) atoms. The molecule has 0 saturated heterocycles. The van der Waals surface area contributed by atoms with Gasteiger partial charge in [-0.2, -0.15) is 0 Å². The Balaban J connectivity index is 1.48. The number of carbonyl (C=O) groups excluding carboxylic acids is 2. The molecule has 2 aromatic rings. The van der Waals surface area contributed by atoms with Crippen molar-refractivity contribution in [2.45, 2.75) is 70.5 Å². The number of benzene rings is 1. The molecule has 4 rings (SSSR count). The summed E-state index contributed by atoms with van der Waals surface area (Å²) in [4.78, 5) is 30.4. The maximum atomic E-state index is 13.4. The molecule has 166 valence electrons. The van der Waals surface area contributed by atoms with Gasteiger partial charge in [0.15, 0.2) is 0 Å². The second-order valence-corrected chi connectivity index (χ2v) is 9.08. The Morgan fingerprint density at radius 3 is 2.26 bits per heavy atom. The number of nitrogens with zero attached hydrogens (tertiary/aromatic N) is 3. The van der Waals surface area contributed by atoms with Crippen LogP contribution in [0.4, 0.5) is 10.5 Å². The minimum Gasteiger partial charge on any atom is -0.353 e. The lowest BCUT2D eigenvalue weighted by Crippen LogP contribution is -2.50. The van der Waals surface area contributed by atoms with Crippen molar-refractivity contribution in [3.8, 4) is 0 Å². The van der Waals surface area contributed by atoms with Crippen molar-refractivity contribution in [1.29, 1.82) is 0 Å². The third-order valence-electron chi connectivity index (χ3n) is 6.58. The second-order valence-electron chi connectivity index (χ2n) is 9.08. The molecule has 6 heteroatoms. The van der Waals surface area contributed by atoms with Crippen molar-refractivity contribution in [3.05, 3.63) is 53.9 Å². The highest BCUT2D eigenvalue weighted by Gasteiger charge is 2.35. The van der Waals surface area contributed by atoms with Crippen LogP contribution in [0, 0.1) is 6.92 Å². The Morgan fingerprint density at radius 2 is 1.65 bits per heavy atom. The number of aryl methyl sites for hydroxylation is 2. The van der Waals surface area contributed by atoms with Crippen molar-refractivity contribution < 1.29 is 9.59 Å². The topological polar surface area (TPSA) is 57.6 Å². The molecular formula is C25H34N4O2. The van der Waals surface area contributed by atoms with Crippen LogP contribution in [0.25, 0.3) is 0 Å². The number of aromatic nitrogens is 1. The van der Waals surface area contributed by atoms with Crippen LogP contribution in [0.3, 0.4) is 0 Å². The first-order valence-electron chi connectivity index (χ1n) is 11.6.